The van der Waals surface area contributed by atoms with Crippen LogP contribution < -0.4 is 5.73 Å². The minimum absolute atomic E-state index is 0. The molecule has 0 aliphatic carbocycles. The fraction of sp³-hybridized carbons (Fsp3) is 0.300. The number of benzene rings is 1. The maximum Gasteiger partial charge on any atom is 0.0316 e. The van der Waals surface area contributed by atoms with Crippen molar-refractivity contribution in [2.45, 2.75) is 41.0 Å². The Balaban J connectivity index is 0. The molecule has 21 heavy (non-hydrogen) atoms. The molecule has 1 nitrogen and oxygen atoms in total. The molecular formula is C20H31N. The summed E-state index contributed by atoms with van der Waals surface area (Å²) in [7, 11) is 0. The number of rotatable bonds is 5. The van der Waals surface area contributed by atoms with Gasteiger partial charge in [-0.3, -0.25) is 0 Å². The van der Waals surface area contributed by atoms with Crippen molar-refractivity contribution in [1.29, 1.82) is 0 Å². The Bertz CT molecular complexity index is 475. The van der Waals surface area contributed by atoms with Gasteiger partial charge in [-0.2, -0.15) is 0 Å². The van der Waals surface area contributed by atoms with E-state index in [0.29, 0.717) is 0 Å². The average molecular weight is 285 g/mol. The quantitative estimate of drug-likeness (QED) is 0.399. The Hall–Kier alpha value is -2.02. The molecule has 0 spiro atoms. The van der Waals surface area contributed by atoms with Crippen molar-refractivity contribution in [2.75, 3.05) is 5.73 Å². The molecule has 1 aromatic carbocycles. The molecule has 0 saturated heterocycles. The highest BCUT2D eigenvalue weighted by Gasteiger charge is 1.99. The van der Waals surface area contributed by atoms with Gasteiger partial charge in [0, 0.05) is 5.69 Å². The number of hydrogen-bond acceptors (Lipinski definition) is 1. The van der Waals surface area contributed by atoms with Crippen LogP contribution in [0.2, 0.25) is 0 Å². The summed E-state index contributed by atoms with van der Waals surface area (Å²) in [5.74, 6) is 0. The summed E-state index contributed by atoms with van der Waals surface area (Å²) >= 11 is 0. The van der Waals surface area contributed by atoms with Crippen LogP contribution in [0.15, 0.2) is 67.3 Å². The molecule has 2 N–H and O–H groups in total. The molecule has 116 valence electrons. The van der Waals surface area contributed by atoms with Crippen LogP contribution in [0.1, 0.15) is 38.8 Å². The standard InChI is InChI=1S/C15H19N.C4H8.CH4/c1-4-5-6-12(2)7-8-14-9-10-15(16)11-13(14)3;1-3-4-2;/h4-6,9-11H,1-2,7-8,16H2,3H3;3-4H,1-2H3;1H4/b6-5-;;. The van der Waals surface area contributed by atoms with E-state index in [9.17, 15) is 0 Å². The predicted molar refractivity (Wildman–Crippen MR) is 99.6 cm³/mol. The van der Waals surface area contributed by atoms with Crippen molar-refractivity contribution >= 4 is 5.69 Å². The number of aryl methyl sites for hydroxylation is 2. The third kappa shape index (κ3) is 10.4. The van der Waals surface area contributed by atoms with E-state index in [0.717, 1.165) is 24.1 Å². The normalized spacial score (nSPS) is 9.86. The maximum absolute atomic E-state index is 5.71. The zero-order chi connectivity index (χ0) is 15.4. The Labute approximate surface area is 131 Å². The van der Waals surface area contributed by atoms with Gasteiger partial charge in [0.2, 0.25) is 0 Å². The summed E-state index contributed by atoms with van der Waals surface area (Å²) in [4.78, 5) is 0. The SMILES string of the molecule is C.C=C/C=C\C(=C)CCc1ccc(N)cc1C.CC=CC. The third-order valence-corrected chi connectivity index (χ3v) is 2.88. The molecule has 0 radical (unpaired) electrons. The molecule has 0 bridgehead atoms. The Kier molecular flexibility index (Phi) is 13.2. The second-order valence-electron chi connectivity index (χ2n) is 4.61. The van der Waals surface area contributed by atoms with Crippen LogP contribution in [0.4, 0.5) is 5.69 Å². The first-order valence-electron chi connectivity index (χ1n) is 6.94. The number of allylic oxidation sites excluding steroid dienone is 6. The second kappa shape index (κ2) is 13.0. The highest BCUT2D eigenvalue weighted by atomic mass is 14.5. The second-order valence-corrected chi connectivity index (χ2v) is 4.61. The van der Waals surface area contributed by atoms with E-state index in [4.69, 9.17) is 5.73 Å². The van der Waals surface area contributed by atoms with Gasteiger partial charge in [0.15, 0.2) is 0 Å². The molecule has 0 aromatic heterocycles. The maximum atomic E-state index is 5.71. The molecule has 1 heteroatoms. The Morgan fingerprint density at radius 2 is 1.86 bits per heavy atom. The molecule has 0 unspecified atom stereocenters. The highest BCUT2D eigenvalue weighted by molar-refractivity contribution is 5.44. The fourth-order valence-electron chi connectivity index (χ4n) is 1.58. The lowest BCUT2D eigenvalue weighted by Gasteiger charge is -2.06. The number of hydrogen-bond donors (Lipinski definition) is 1. The van der Waals surface area contributed by atoms with Gasteiger partial charge in [-0.25, -0.2) is 0 Å². The minimum Gasteiger partial charge on any atom is -0.399 e. The van der Waals surface area contributed by atoms with Crippen LogP contribution in [0.5, 0.6) is 0 Å². The average Bonchev–Trinajstić information content (AvgIpc) is 2.44. The predicted octanol–water partition coefficient (Wildman–Crippen LogP) is 6.03. The molecule has 0 atom stereocenters. The minimum atomic E-state index is 0. The van der Waals surface area contributed by atoms with Crippen LogP contribution in [-0.4, -0.2) is 0 Å². The molecule has 0 aliphatic rings. The first-order chi connectivity index (χ1) is 9.54. The van der Waals surface area contributed by atoms with Crippen molar-refractivity contribution in [3.63, 3.8) is 0 Å². The van der Waals surface area contributed by atoms with Crippen molar-refractivity contribution in [1.82, 2.24) is 0 Å². The number of anilines is 1. The molecule has 0 aliphatic heterocycles. The Morgan fingerprint density at radius 1 is 1.24 bits per heavy atom. The summed E-state index contributed by atoms with van der Waals surface area (Å²) in [5, 5.41) is 0. The van der Waals surface area contributed by atoms with Crippen LogP contribution in [0, 0.1) is 6.92 Å². The van der Waals surface area contributed by atoms with Crippen molar-refractivity contribution in [3.8, 4) is 0 Å². The summed E-state index contributed by atoms with van der Waals surface area (Å²) in [5.41, 5.74) is 10.2. The highest BCUT2D eigenvalue weighted by Crippen LogP contribution is 2.16. The zero-order valence-electron chi connectivity index (χ0n) is 13.0. The monoisotopic (exact) mass is 285 g/mol. The summed E-state index contributed by atoms with van der Waals surface area (Å²) < 4.78 is 0. The van der Waals surface area contributed by atoms with E-state index in [1.807, 2.05) is 50.3 Å². The smallest absolute Gasteiger partial charge is 0.0316 e. The van der Waals surface area contributed by atoms with E-state index < -0.39 is 0 Å². The summed E-state index contributed by atoms with van der Waals surface area (Å²) in [6.07, 6.45) is 11.7. The van der Waals surface area contributed by atoms with E-state index in [-0.39, 0.29) is 7.43 Å². The van der Waals surface area contributed by atoms with Gasteiger partial charge in [-0.15, -0.1) is 0 Å². The van der Waals surface area contributed by atoms with E-state index in [1.54, 1.807) is 6.08 Å². The van der Waals surface area contributed by atoms with Crippen LogP contribution in [-0.2, 0) is 6.42 Å². The lowest BCUT2D eigenvalue weighted by Crippen LogP contribution is -1.93. The van der Waals surface area contributed by atoms with E-state index >= 15 is 0 Å². The molecule has 1 rings (SSSR count). The van der Waals surface area contributed by atoms with Crippen molar-refractivity contribution < 1.29 is 0 Å². The van der Waals surface area contributed by atoms with E-state index in [1.165, 1.54) is 11.1 Å². The molecule has 0 heterocycles. The lowest BCUT2D eigenvalue weighted by molar-refractivity contribution is 0.958. The molecule has 0 amide bonds. The largest absolute Gasteiger partial charge is 0.399 e. The lowest BCUT2D eigenvalue weighted by atomic mass is 10.0. The van der Waals surface area contributed by atoms with Gasteiger partial charge < -0.3 is 5.73 Å². The molecular weight excluding hydrogens is 254 g/mol. The molecule has 1 aromatic rings. The summed E-state index contributed by atoms with van der Waals surface area (Å²) in [6.45, 7) is 13.7. The molecule has 0 saturated carbocycles. The van der Waals surface area contributed by atoms with Gasteiger partial charge in [0.25, 0.3) is 0 Å². The van der Waals surface area contributed by atoms with Gasteiger partial charge >= 0.3 is 0 Å². The zero-order valence-corrected chi connectivity index (χ0v) is 13.0. The van der Waals surface area contributed by atoms with E-state index in [2.05, 4.69) is 26.1 Å². The van der Waals surface area contributed by atoms with Crippen LogP contribution in [0.3, 0.4) is 0 Å². The van der Waals surface area contributed by atoms with Crippen LogP contribution in [0.25, 0.3) is 0 Å². The Morgan fingerprint density at radius 3 is 2.33 bits per heavy atom. The van der Waals surface area contributed by atoms with Gasteiger partial charge in [-0.1, -0.05) is 62.6 Å². The van der Waals surface area contributed by atoms with Crippen molar-refractivity contribution in [3.05, 3.63) is 78.4 Å². The third-order valence-electron chi connectivity index (χ3n) is 2.88. The summed E-state index contributed by atoms with van der Waals surface area (Å²) in [6, 6.07) is 6.05. The molecule has 0 fully saturated rings. The first-order valence-corrected chi connectivity index (χ1v) is 6.94. The fourth-order valence-corrected chi connectivity index (χ4v) is 1.58. The topological polar surface area (TPSA) is 26.0 Å². The van der Waals surface area contributed by atoms with Gasteiger partial charge in [0.1, 0.15) is 0 Å². The van der Waals surface area contributed by atoms with Crippen LogP contribution >= 0.6 is 0 Å². The van der Waals surface area contributed by atoms with Gasteiger partial charge in [-0.05, 0) is 56.9 Å². The first kappa shape index (κ1) is 21.3. The van der Waals surface area contributed by atoms with Gasteiger partial charge in [0.05, 0.1) is 0 Å². The number of nitrogens with two attached hydrogens (primary N) is 1. The van der Waals surface area contributed by atoms with Crippen molar-refractivity contribution in [2.24, 2.45) is 0 Å². The number of nitrogen functional groups attached to an aromatic ring is 1.